The number of carbonyl (C=O) groups excluding carboxylic acids is 1. The van der Waals surface area contributed by atoms with Crippen molar-refractivity contribution in [2.45, 2.75) is 55.4 Å². The highest BCUT2D eigenvalue weighted by Gasteiger charge is 2.13. The van der Waals surface area contributed by atoms with E-state index in [0.29, 0.717) is 10.7 Å². The zero-order chi connectivity index (χ0) is 22.6. The fourth-order valence-electron chi connectivity index (χ4n) is 2.64. The standard InChI is InChI=1S/C20H23N3OS.2C2H6/c1-6-8-12(3)16(7-2)19(24)22-15-9-10-17(13(4)11-15)18-14(5)25-20(21)23-18;2*1-2/h6-11H,2H2,1,3-5H3,(H2,21,23)(H,22,24);2*1-2H3/b8-6-,16-12+;;. The summed E-state index contributed by atoms with van der Waals surface area (Å²) in [6, 6.07) is 5.78. The third kappa shape index (κ3) is 7.35. The Morgan fingerprint density at radius 3 is 2.28 bits per heavy atom. The summed E-state index contributed by atoms with van der Waals surface area (Å²) in [6.45, 7) is 19.5. The number of thiazole rings is 1. The average molecular weight is 414 g/mol. The molecule has 1 aromatic heterocycles. The minimum absolute atomic E-state index is 0.174. The van der Waals surface area contributed by atoms with Crippen molar-refractivity contribution >= 4 is 28.1 Å². The number of nitrogens with two attached hydrogens (primary N) is 1. The molecule has 0 bridgehead atoms. The van der Waals surface area contributed by atoms with Crippen LogP contribution in [0.5, 0.6) is 0 Å². The Hall–Kier alpha value is -2.66. The minimum atomic E-state index is -0.174. The summed E-state index contributed by atoms with van der Waals surface area (Å²) in [4.78, 5) is 18.0. The third-order valence-electron chi connectivity index (χ3n) is 3.84. The fraction of sp³-hybridized carbons (Fsp3) is 0.333. The first-order chi connectivity index (χ1) is 13.9. The van der Waals surface area contributed by atoms with E-state index >= 15 is 0 Å². The van der Waals surface area contributed by atoms with Gasteiger partial charge in [-0.15, -0.1) is 11.3 Å². The van der Waals surface area contributed by atoms with Crippen LogP contribution in [-0.2, 0) is 4.79 Å². The number of hydrogen-bond acceptors (Lipinski definition) is 4. The molecule has 29 heavy (non-hydrogen) atoms. The molecule has 0 fully saturated rings. The van der Waals surface area contributed by atoms with Crippen molar-refractivity contribution in [2.75, 3.05) is 11.1 Å². The van der Waals surface area contributed by atoms with Crippen LogP contribution in [-0.4, -0.2) is 10.9 Å². The molecular weight excluding hydrogens is 378 g/mol. The minimum Gasteiger partial charge on any atom is -0.375 e. The van der Waals surface area contributed by atoms with Crippen LogP contribution < -0.4 is 11.1 Å². The third-order valence-corrected chi connectivity index (χ3v) is 4.64. The van der Waals surface area contributed by atoms with E-state index in [1.807, 2.05) is 85.7 Å². The monoisotopic (exact) mass is 413 g/mol. The molecule has 0 aliphatic rings. The molecule has 158 valence electrons. The lowest BCUT2D eigenvalue weighted by Gasteiger charge is -2.11. The maximum Gasteiger partial charge on any atom is 0.255 e. The summed E-state index contributed by atoms with van der Waals surface area (Å²) in [5, 5.41) is 3.49. The molecule has 0 spiro atoms. The zero-order valence-corrected chi connectivity index (χ0v) is 19.8. The number of anilines is 2. The molecular formula is C24H35N3OS. The molecule has 0 atom stereocenters. The van der Waals surface area contributed by atoms with E-state index in [1.54, 1.807) is 6.08 Å². The van der Waals surface area contributed by atoms with Crippen molar-refractivity contribution in [2.24, 2.45) is 0 Å². The van der Waals surface area contributed by atoms with Gasteiger partial charge in [0.2, 0.25) is 0 Å². The van der Waals surface area contributed by atoms with Gasteiger partial charge in [0.1, 0.15) is 0 Å². The van der Waals surface area contributed by atoms with Crippen LogP contribution in [0.25, 0.3) is 11.3 Å². The van der Waals surface area contributed by atoms with Crippen LogP contribution in [0.3, 0.4) is 0 Å². The number of rotatable bonds is 5. The fourth-order valence-corrected chi connectivity index (χ4v) is 3.35. The number of benzene rings is 1. The average Bonchev–Trinajstić information content (AvgIpc) is 3.03. The van der Waals surface area contributed by atoms with E-state index in [9.17, 15) is 4.79 Å². The van der Waals surface area contributed by atoms with E-state index in [1.165, 1.54) is 11.3 Å². The van der Waals surface area contributed by atoms with Gasteiger partial charge in [-0.1, -0.05) is 58.6 Å². The second-order valence-electron chi connectivity index (χ2n) is 5.74. The van der Waals surface area contributed by atoms with E-state index in [-0.39, 0.29) is 5.91 Å². The Labute approximate surface area is 180 Å². The summed E-state index contributed by atoms with van der Waals surface area (Å²) in [5.74, 6) is -0.174. The lowest BCUT2D eigenvalue weighted by atomic mass is 10.0. The van der Waals surface area contributed by atoms with Crippen molar-refractivity contribution in [3.63, 3.8) is 0 Å². The molecule has 1 heterocycles. The predicted octanol–water partition coefficient (Wildman–Crippen LogP) is 7.08. The first-order valence-corrected chi connectivity index (χ1v) is 10.8. The van der Waals surface area contributed by atoms with Gasteiger partial charge in [-0.3, -0.25) is 4.79 Å². The lowest BCUT2D eigenvalue weighted by molar-refractivity contribution is -0.112. The van der Waals surface area contributed by atoms with Crippen molar-refractivity contribution < 1.29 is 4.79 Å². The van der Waals surface area contributed by atoms with Gasteiger partial charge < -0.3 is 11.1 Å². The molecule has 2 aromatic rings. The molecule has 0 aliphatic carbocycles. The van der Waals surface area contributed by atoms with Crippen LogP contribution in [0.4, 0.5) is 10.8 Å². The summed E-state index contributed by atoms with van der Waals surface area (Å²) in [5.41, 5.74) is 10.9. The van der Waals surface area contributed by atoms with Gasteiger partial charge in [-0.25, -0.2) is 4.98 Å². The Bertz CT molecular complexity index is 876. The Balaban J connectivity index is 0.00000184. The van der Waals surface area contributed by atoms with Gasteiger partial charge in [0.25, 0.3) is 5.91 Å². The molecule has 3 N–H and O–H groups in total. The van der Waals surface area contributed by atoms with Gasteiger partial charge in [-0.2, -0.15) is 0 Å². The van der Waals surface area contributed by atoms with Crippen molar-refractivity contribution in [3.05, 3.63) is 64.6 Å². The first kappa shape index (κ1) is 26.3. The molecule has 0 aliphatic heterocycles. The predicted molar refractivity (Wildman–Crippen MR) is 130 cm³/mol. The van der Waals surface area contributed by atoms with Gasteiger partial charge in [0.15, 0.2) is 5.13 Å². The topological polar surface area (TPSA) is 68.0 Å². The maximum absolute atomic E-state index is 12.5. The lowest BCUT2D eigenvalue weighted by Crippen LogP contribution is -2.14. The van der Waals surface area contributed by atoms with Crippen LogP contribution in [0.15, 0.2) is 54.2 Å². The number of hydrogen-bond donors (Lipinski definition) is 2. The van der Waals surface area contributed by atoms with Gasteiger partial charge in [0, 0.05) is 21.7 Å². The molecule has 2 rings (SSSR count). The van der Waals surface area contributed by atoms with Crippen molar-refractivity contribution in [1.82, 2.24) is 4.98 Å². The van der Waals surface area contributed by atoms with Crippen LogP contribution >= 0.6 is 11.3 Å². The largest absolute Gasteiger partial charge is 0.375 e. The van der Waals surface area contributed by atoms with Crippen LogP contribution in [0.2, 0.25) is 0 Å². The Morgan fingerprint density at radius 2 is 1.83 bits per heavy atom. The molecule has 0 radical (unpaired) electrons. The highest BCUT2D eigenvalue weighted by molar-refractivity contribution is 7.15. The number of aromatic nitrogens is 1. The van der Waals surface area contributed by atoms with Crippen LogP contribution in [0.1, 0.15) is 52.0 Å². The van der Waals surface area contributed by atoms with Crippen LogP contribution in [0, 0.1) is 13.8 Å². The molecule has 0 unspecified atom stereocenters. The van der Waals surface area contributed by atoms with Gasteiger partial charge in [-0.05, 0) is 51.0 Å². The number of allylic oxidation sites excluding steroid dienone is 3. The zero-order valence-electron chi connectivity index (χ0n) is 19.0. The molecule has 0 saturated carbocycles. The molecule has 0 saturated heterocycles. The molecule has 5 heteroatoms. The summed E-state index contributed by atoms with van der Waals surface area (Å²) < 4.78 is 0. The number of amides is 1. The molecule has 1 amide bonds. The number of carbonyl (C=O) groups is 1. The number of nitrogen functional groups attached to an aromatic ring is 1. The van der Waals surface area contributed by atoms with E-state index in [2.05, 4.69) is 16.9 Å². The Kier molecular flexibility index (Phi) is 12.3. The smallest absolute Gasteiger partial charge is 0.255 e. The highest BCUT2D eigenvalue weighted by Crippen LogP contribution is 2.32. The number of aryl methyl sites for hydroxylation is 2. The summed E-state index contributed by atoms with van der Waals surface area (Å²) in [6.07, 6.45) is 5.36. The number of nitrogens with zero attached hydrogens (tertiary/aromatic N) is 1. The van der Waals surface area contributed by atoms with Gasteiger partial charge >= 0.3 is 0 Å². The van der Waals surface area contributed by atoms with E-state index < -0.39 is 0 Å². The quantitative estimate of drug-likeness (QED) is 0.406. The maximum atomic E-state index is 12.5. The van der Waals surface area contributed by atoms with E-state index in [0.717, 1.165) is 33.0 Å². The van der Waals surface area contributed by atoms with Gasteiger partial charge in [0.05, 0.1) is 5.69 Å². The van der Waals surface area contributed by atoms with Crippen molar-refractivity contribution in [3.8, 4) is 11.3 Å². The first-order valence-electron chi connectivity index (χ1n) is 9.98. The summed E-state index contributed by atoms with van der Waals surface area (Å²) in [7, 11) is 0. The summed E-state index contributed by atoms with van der Waals surface area (Å²) >= 11 is 1.48. The van der Waals surface area contributed by atoms with E-state index in [4.69, 9.17) is 5.73 Å². The Morgan fingerprint density at radius 1 is 1.21 bits per heavy atom. The van der Waals surface area contributed by atoms with Crippen molar-refractivity contribution in [1.29, 1.82) is 0 Å². The second kappa shape index (κ2) is 13.5. The molecule has 1 aromatic carbocycles. The molecule has 4 nitrogen and oxygen atoms in total. The highest BCUT2D eigenvalue weighted by atomic mass is 32.1. The normalized spacial score (nSPS) is 10.9. The number of nitrogens with one attached hydrogen (secondary N) is 1. The second-order valence-corrected chi connectivity index (χ2v) is 6.98. The SMILES string of the molecule is C=C/C(C(=O)Nc1ccc(-c2nc(N)sc2C)c(C)c1)=C(C)\C=C/C.CC.CC.